The van der Waals surface area contributed by atoms with Crippen molar-refractivity contribution < 1.29 is 4.79 Å². The van der Waals surface area contributed by atoms with Gasteiger partial charge in [-0.05, 0) is 13.0 Å². The lowest BCUT2D eigenvalue weighted by Gasteiger charge is -1.51. The van der Waals surface area contributed by atoms with Crippen molar-refractivity contribution in [3.05, 3.63) is 12.2 Å². The van der Waals surface area contributed by atoms with Crippen LogP contribution in [0.1, 0.15) is 6.92 Å². The van der Waals surface area contributed by atoms with Gasteiger partial charge in [-0.15, -0.1) is 0 Å². The monoisotopic (exact) mass is 87.1 g/mol. The van der Waals surface area contributed by atoms with Crippen LogP contribution in [0.2, 0.25) is 0 Å². The SMILES string of the molecule is CC=CC=O.N. The maximum absolute atomic E-state index is 9.32. The first-order chi connectivity index (χ1) is 2.41. The molecule has 0 aromatic carbocycles. The van der Waals surface area contributed by atoms with Crippen LogP contribution < -0.4 is 6.15 Å². The van der Waals surface area contributed by atoms with Crippen molar-refractivity contribution in [2.24, 2.45) is 0 Å². The topological polar surface area (TPSA) is 52.1 Å². The first-order valence-electron chi connectivity index (χ1n) is 1.48. The minimum absolute atomic E-state index is 0. The molecule has 3 N–H and O–H groups in total. The van der Waals surface area contributed by atoms with Crippen molar-refractivity contribution in [1.29, 1.82) is 0 Å². The summed E-state index contributed by atoms with van der Waals surface area (Å²) >= 11 is 0. The minimum atomic E-state index is 0. The average molecular weight is 87.1 g/mol. The summed E-state index contributed by atoms with van der Waals surface area (Å²) in [6, 6.07) is 0. The van der Waals surface area contributed by atoms with E-state index >= 15 is 0 Å². The Balaban J connectivity index is 0. The zero-order valence-electron chi connectivity index (χ0n) is 3.85. The highest BCUT2D eigenvalue weighted by molar-refractivity contribution is 5.64. The molecule has 2 heteroatoms. The lowest BCUT2D eigenvalue weighted by Crippen LogP contribution is -1.50. The van der Waals surface area contributed by atoms with Crippen molar-refractivity contribution in [3.63, 3.8) is 0 Å². The smallest absolute Gasteiger partial charge is 0.142 e. The summed E-state index contributed by atoms with van der Waals surface area (Å²) in [5, 5.41) is 0. The van der Waals surface area contributed by atoms with Gasteiger partial charge in [0.1, 0.15) is 6.29 Å². The Labute approximate surface area is 37.4 Å². The molecular weight excluding hydrogens is 78.0 g/mol. The number of carbonyl (C=O) groups excluding carboxylic acids is 1. The van der Waals surface area contributed by atoms with E-state index in [4.69, 9.17) is 0 Å². The predicted molar refractivity (Wildman–Crippen MR) is 25.9 cm³/mol. The largest absolute Gasteiger partial charge is 0.344 e. The van der Waals surface area contributed by atoms with Crippen molar-refractivity contribution in [2.75, 3.05) is 0 Å². The van der Waals surface area contributed by atoms with E-state index in [2.05, 4.69) is 0 Å². The number of hydrogen-bond donors (Lipinski definition) is 1. The summed E-state index contributed by atoms with van der Waals surface area (Å²) in [5.74, 6) is 0. The minimum Gasteiger partial charge on any atom is -0.344 e. The maximum Gasteiger partial charge on any atom is 0.142 e. The van der Waals surface area contributed by atoms with Crippen LogP contribution in [0.25, 0.3) is 0 Å². The summed E-state index contributed by atoms with van der Waals surface area (Å²) in [6.07, 6.45) is 3.88. The Hall–Kier alpha value is -0.630. The molecule has 0 rings (SSSR count). The molecular formula is C4H9NO. The molecule has 2 nitrogen and oxygen atoms in total. The lowest BCUT2D eigenvalue weighted by atomic mass is 10.6. The van der Waals surface area contributed by atoms with Gasteiger partial charge in [0.2, 0.25) is 0 Å². The molecule has 0 spiro atoms. The summed E-state index contributed by atoms with van der Waals surface area (Å²) in [4.78, 5) is 9.32. The first kappa shape index (κ1) is 9.03. The van der Waals surface area contributed by atoms with Gasteiger partial charge in [0.25, 0.3) is 0 Å². The van der Waals surface area contributed by atoms with Gasteiger partial charge in [0.15, 0.2) is 0 Å². The highest BCUT2D eigenvalue weighted by Crippen LogP contribution is 1.55. The van der Waals surface area contributed by atoms with Crippen molar-refractivity contribution in [1.82, 2.24) is 6.15 Å². The van der Waals surface area contributed by atoms with E-state index in [-0.39, 0.29) is 6.15 Å². The van der Waals surface area contributed by atoms with Gasteiger partial charge in [-0.3, -0.25) is 4.79 Å². The van der Waals surface area contributed by atoms with Crippen molar-refractivity contribution in [2.45, 2.75) is 6.92 Å². The van der Waals surface area contributed by atoms with Crippen LogP contribution >= 0.6 is 0 Å². The van der Waals surface area contributed by atoms with E-state index in [1.165, 1.54) is 6.08 Å². The zero-order chi connectivity index (χ0) is 4.12. The van der Waals surface area contributed by atoms with Crippen LogP contribution in [0.4, 0.5) is 0 Å². The van der Waals surface area contributed by atoms with Crippen LogP contribution in [0.15, 0.2) is 12.2 Å². The second-order valence-electron chi connectivity index (χ2n) is 0.662. The number of allylic oxidation sites excluding steroid dienone is 2. The van der Waals surface area contributed by atoms with E-state index in [9.17, 15) is 4.79 Å². The van der Waals surface area contributed by atoms with Crippen LogP contribution in [0.3, 0.4) is 0 Å². The number of carbonyl (C=O) groups is 1. The van der Waals surface area contributed by atoms with E-state index < -0.39 is 0 Å². The number of rotatable bonds is 1. The van der Waals surface area contributed by atoms with E-state index in [0.717, 1.165) is 6.29 Å². The van der Waals surface area contributed by atoms with Gasteiger partial charge in [-0.25, -0.2) is 0 Å². The summed E-state index contributed by atoms with van der Waals surface area (Å²) in [6.45, 7) is 1.80. The third kappa shape index (κ3) is 10.1. The molecule has 6 heavy (non-hydrogen) atoms. The number of aldehydes is 1. The molecule has 0 heterocycles. The van der Waals surface area contributed by atoms with Gasteiger partial charge in [-0.1, -0.05) is 6.08 Å². The van der Waals surface area contributed by atoms with Crippen molar-refractivity contribution in [3.8, 4) is 0 Å². The summed E-state index contributed by atoms with van der Waals surface area (Å²) in [5.41, 5.74) is 0. The standard InChI is InChI=1S/C4H6O.H3N/c1-2-3-4-5;/h2-4H,1H3;1H3. The summed E-state index contributed by atoms with van der Waals surface area (Å²) in [7, 11) is 0. The molecule has 36 valence electrons. The van der Waals surface area contributed by atoms with Gasteiger partial charge < -0.3 is 6.15 Å². The van der Waals surface area contributed by atoms with E-state index in [1.54, 1.807) is 13.0 Å². The molecule has 0 aliphatic carbocycles. The first-order valence-corrected chi connectivity index (χ1v) is 1.48. The molecule has 0 aromatic rings. The molecule has 0 aliphatic heterocycles. The predicted octanol–water partition coefficient (Wildman–Crippen LogP) is 0.923. The van der Waals surface area contributed by atoms with E-state index in [0.29, 0.717) is 0 Å². The van der Waals surface area contributed by atoms with Crippen LogP contribution in [-0.2, 0) is 4.79 Å². The highest BCUT2D eigenvalue weighted by Gasteiger charge is 1.48. The van der Waals surface area contributed by atoms with Gasteiger partial charge in [0, 0.05) is 0 Å². The molecule has 0 unspecified atom stereocenters. The lowest BCUT2D eigenvalue weighted by molar-refractivity contribution is -0.104. The third-order valence-electron chi connectivity index (χ3n) is 0.271. The molecule has 0 bridgehead atoms. The molecule has 0 fully saturated rings. The molecule has 0 saturated heterocycles. The van der Waals surface area contributed by atoms with Gasteiger partial charge >= 0.3 is 0 Å². The Morgan fingerprint density at radius 3 is 2.00 bits per heavy atom. The highest BCUT2D eigenvalue weighted by atomic mass is 16.1. The summed E-state index contributed by atoms with van der Waals surface area (Å²) < 4.78 is 0. The molecule has 0 atom stereocenters. The van der Waals surface area contributed by atoms with Crippen LogP contribution in [-0.4, -0.2) is 6.29 Å². The Morgan fingerprint density at radius 1 is 1.50 bits per heavy atom. The molecule has 0 aromatic heterocycles. The fourth-order valence-electron chi connectivity index (χ4n) is 0.0786. The van der Waals surface area contributed by atoms with Crippen LogP contribution in [0, 0.1) is 0 Å². The van der Waals surface area contributed by atoms with Gasteiger partial charge in [-0.2, -0.15) is 0 Å². The second kappa shape index (κ2) is 8.84. The molecule has 0 aliphatic rings. The molecule has 0 saturated carbocycles. The van der Waals surface area contributed by atoms with E-state index in [1.807, 2.05) is 0 Å². The quantitative estimate of drug-likeness (QED) is 0.382. The zero-order valence-corrected chi connectivity index (χ0v) is 3.85. The maximum atomic E-state index is 9.32. The Kier molecular flexibility index (Phi) is 13.3. The fourth-order valence-corrected chi connectivity index (χ4v) is 0.0786. The Bertz CT molecular complexity index is 49.5. The van der Waals surface area contributed by atoms with Crippen LogP contribution in [0.5, 0.6) is 0 Å². The van der Waals surface area contributed by atoms with Gasteiger partial charge in [0.05, 0.1) is 0 Å². The normalized spacial score (nSPS) is 7.50. The molecule has 0 amide bonds. The second-order valence-corrected chi connectivity index (χ2v) is 0.662. The van der Waals surface area contributed by atoms with Crippen molar-refractivity contribution >= 4 is 6.29 Å². The Morgan fingerprint density at radius 2 is 2.00 bits per heavy atom. The third-order valence-corrected chi connectivity index (χ3v) is 0.271. The number of hydrogen-bond acceptors (Lipinski definition) is 2. The fraction of sp³-hybridized carbons (Fsp3) is 0.250. The average Bonchev–Trinajstić information content (AvgIpc) is 1.41. The molecule has 0 radical (unpaired) electrons.